The van der Waals surface area contributed by atoms with Crippen molar-refractivity contribution in [2.75, 3.05) is 7.11 Å². The molecule has 1 aromatic rings. The first-order valence-electron chi connectivity index (χ1n) is 3.08. The van der Waals surface area contributed by atoms with Crippen LogP contribution in [0.1, 0.15) is 0 Å². The largest absolute Gasteiger partial charge is 0.768 e. The van der Waals surface area contributed by atoms with E-state index >= 15 is 0 Å². The Labute approximate surface area is 71.5 Å². The number of hydrogen-bond donors (Lipinski definition) is 0. The van der Waals surface area contributed by atoms with Crippen LogP contribution in [-0.4, -0.2) is 15.9 Å². The zero-order valence-electron chi connectivity index (χ0n) is 6.24. The molecule has 5 heteroatoms. The predicted octanol–water partition coefficient (Wildman–Crippen LogP) is 1.07. The lowest BCUT2D eigenvalue weighted by atomic mass is 10.3. The highest BCUT2D eigenvalue weighted by Gasteiger charge is 2.03. The fourth-order valence-corrected chi connectivity index (χ4v) is 1.26. The van der Waals surface area contributed by atoms with Crippen LogP contribution in [0.5, 0.6) is 5.75 Å². The summed E-state index contributed by atoms with van der Waals surface area (Å²) in [4.78, 5) is -0.0427. The first kappa shape index (κ1) is 9.15. The van der Waals surface area contributed by atoms with Gasteiger partial charge in [-0.2, -0.15) is 0 Å². The van der Waals surface area contributed by atoms with Crippen LogP contribution in [-0.2, 0) is 11.1 Å². The Morgan fingerprint density at radius 3 is 2.75 bits per heavy atom. The summed E-state index contributed by atoms with van der Waals surface area (Å²) in [5.74, 6) is -0.510. The number of rotatable bonds is 2. The van der Waals surface area contributed by atoms with E-state index in [2.05, 4.69) is 4.74 Å². The quantitative estimate of drug-likeness (QED) is 0.654. The molecule has 0 fully saturated rings. The first-order valence-corrected chi connectivity index (χ1v) is 4.15. The summed E-state index contributed by atoms with van der Waals surface area (Å²) in [5, 5.41) is 0. The maximum Gasteiger partial charge on any atom is 0.136 e. The molecule has 0 saturated carbocycles. The van der Waals surface area contributed by atoms with Gasteiger partial charge < -0.3 is 9.29 Å². The molecule has 66 valence electrons. The summed E-state index contributed by atoms with van der Waals surface area (Å²) in [6, 6.07) is 3.23. The third-order valence-electron chi connectivity index (χ3n) is 1.31. The molecule has 0 radical (unpaired) electrons. The summed E-state index contributed by atoms with van der Waals surface area (Å²) in [5.41, 5.74) is 0. The minimum Gasteiger partial charge on any atom is -0.768 e. The lowest BCUT2D eigenvalue weighted by Gasteiger charge is -2.09. The second kappa shape index (κ2) is 3.64. The summed E-state index contributed by atoms with van der Waals surface area (Å²) >= 11 is -2.39. The molecule has 1 unspecified atom stereocenters. The highest BCUT2D eigenvalue weighted by Crippen LogP contribution is 2.21. The van der Waals surface area contributed by atoms with Crippen molar-refractivity contribution in [3.05, 3.63) is 24.0 Å². The Morgan fingerprint density at radius 1 is 1.58 bits per heavy atom. The predicted molar refractivity (Wildman–Crippen MR) is 40.1 cm³/mol. The number of hydrogen-bond acceptors (Lipinski definition) is 3. The van der Waals surface area contributed by atoms with Crippen molar-refractivity contribution in [1.82, 2.24) is 0 Å². The Morgan fingerprint density at radius 2 is 2.25 bits per heavy atom. The Hall–Kier alpha value is -0.940. The molecule has 0 spiro atoms. The molecule has 1 atom stereocenters. The molecular formula is C7H6FO3S-. The summed E-state index contributed by atoms with van der Waals surface area (Å²) in [6.07, 6.45) is 0. The van der Waals surface area contributed by atoms with Gasteiger partial charge in [-0.15, -0.1) is 0 Å². The fourth-order valence-electron chi connectivity index (χ4n) is 0.779. The SMILES string of the molecule is COc1cc(F)ccc1S(=O)[O-]. The summed E-state index contributed by atoms with van der Waals surface area (Å²) in [6.45, 7) is 0. The topological polar surface area (TPSA) is 49.4 Å². The highest BCUT2D eigenvalue weighted by atomic mass is 32.2. The molecule has 0 aromatic heterocycles. The van der Waals surface area contributed by atoms with Crippen molar-refractivity contribution in [2.45, 2.75) is 4.90 Å². The van der Waals surface area contributed by atoms with E-state index in [1.165, 1.54) is 7.11 Å². The molecular weight excluding hydrogens is 183 g/mol. The van der Waals surface area contributed by atoms with Crippen LogP contribution in [0, 0.1) is 5.82 Å². The molecule has 0 heterocycles. The number of benzene rings is 1. The Balaban J connectivity index is 3.20. The second-order valence-corrected chi connectivity index (χ2v) is 2.94. The van der Waals surface area contributed by atoms with E-state index in [9.17, 15) is 13.2 Å². The van der Waals surface area contributed by atoms with Crippen LogP contribution in [0.25, 0.3) is 0 Å². The third-order valence-corrected chi connectivity index (χ3v) is 2.00. The first-order chi connectivity index (χ1) is 5.65. The van der Waals surface area contributed by atoms with E-state index in [0.717, 1.165) is 18.2 Å². The highest BCUT2D eigenvalue weighted by molar-refractivity contribution is 7.79. The van der Waals surface area contributed by atoms with E-state index in [1.807, 2.05) is 0 Å². The zero-order valence-corrected chi connectivity index (χ0v) is 7.06. The molecule has 0 amide bonds. The van der Waals surface area contributed by atoms with Gasteiger partial charge in [-0.25, -0.2) is 4.39 Å². The van der Waals surface area contributed by atoms with Crippen molar-refractivity contribution in [3.63, 3.8) is 0 Å². The Bertz CT molecular complexity index is 314. The van der Waals surface area contributed by atoms with E-state index < -0.39 is 16.9 Å². The third kappa shape index (κ3) is 1.80. The normalized spacial score (nSPS) is 12.6. The number of ether oxygens (including phenoxy) is 1. The summed E-state index contributed by atoms with van der Waals surface area (Å²) in [7, 11) is 1.28. The summed E-state index contributed by atoms with van der Waals surface area (Å²) < 4.78 is 38.1. The lowest BCUT2D eigenvalue weighted by Crippen LogP contribution is -1.95. The van der Waals surface area contributed by atoms with Gasteiger partial charge >= 0.3 is 0 Å². The van der Waals surface area contributed by atoms with E-state index in [1.54, 1.807) is 0 Å². The van der Waals surface area contributed by atoms with E-state index in [0.29, 0.717) is 0 Å². The van der Waals surface area contributed by atoms with Crippen LogP contribution in [0.2, 0.25) is 0 Å². The van der Waals surface area contributed by atoms with Crippen LogP contribution in [0.4, 0.5) is 4.39 Å². The van der Waals surface area contributed by atoms with Crippen LogP contribution >= 0.6 is 0 Å². The second-order valence-electron chi connectivity index (χ2n) is 2.03. The molecule has 0 aliphatic rings. The average molecular weight is 189 g/mol. The monoisotopic (exact) mass is 189 g/mol. The molecule has 3 nitrogen and oxygen atoms in total. The van der Waals surface area contributed by atoms with E-state index in [-0.39, 0.29) is 10.6 Å². The lowest BCUT2D eigenvalue weighted by molar-refractivity contribution is 0.397. The van der Waals surface area contributed by atoms with Gasteiger partial charge in [0.05, 0.1) is 12.0 Å². The van der Waals surface area contributed by atoms with Gasteiger partial charge in [0, 0.05) is 6.07 Å². The van der Waals surface area contributed by atoms with Crippen molar-refractivity contribution in [2.24, 2.45) is 0 Å². The standard InChI is InChI=1S/C7H7FO3S/c1-11-6-4-5(8)2-3-7(6)12(9)10/h2-4H,1H3,(H,9,10)/p-1. The van der Waals surface area contributed by atoms with Gasteiger partial charge in [0.25, 0.3) is 0 Å². The van der Waals surface area contributed by atoms with Gasteiger partial charge in [0.15, 0.2) is 0 Å². The number of methoxy groups -OCH3 is 1. The molecule has 1 rings (SSSR count). The molecule has 0 bridgehead atoms. The maximum atomic E-state index is 12.5. The molecule has 0 saturated heterocycles. The van der Waals surface area contributed by atoms with Crippen molar-refractivity contribution in [1.29, 1.82) is 0 Å². The molecule has 0 aliphatic heterocycles. The van der Waals surface area contributed by atoms with Crippen LogP contribution < -0.4 is 4.74 Å². The van der Waals surface area contributed by atoms with Gasteiger partial charge in [0.1, 0.15) is 11.6 Å². The van der Waals surface area contributed by atoms with Crippen molar-refractivity contribution in [3.8, 4) is 5.75 Å². The Kier molecular flexibility index (Phi) is 2.78. The van der Waals surface area contributed by atoms with Gasteiger partial charge in [0.2, 0.25) is 0 Å². The van der Waals surface area contributed by atoms with Gasteiger partial charge in [-0.1, -0.05) is 0 Å². The van der Waals surface area contributed by atoms with Crippen molar-refractivity contribution < 1.29 is 17.9 Å². The molecule has 0 N–H and O–H groups in total. The fraction of sp³-hybridized carbons (Fsp3) is 0.143. The molecule has 12 heavy (non-hydrogen) atoms. The number of halogens is 1. The van der Waals surface area contributed by atoms with Crippen LogP contribution in [0.15, 0.2) is 23.1 Å². The smallest absolute Gasteiger partial charge is 0.136 e. The molecule has 1 aromatic carbocycles. The maximum absolute atomic E-state index is 12.5. The molecule has 0 aliphatic carbocycles. The minimum atomic E-state index is -2.39. The van der Waals surface area contributed by atoms with Crippen molar-refractivity contribution >= 4 is 11.1 Å². The van der Waals surface area contributed by atoms with Gasteiger partial charge in [-0.3, -0.25) is 4.21 Å². The van der Waals surface area contributed by atoms with Gasteiger partial charge in [-0.05, 0) is 23.2 Å². The zero-order chi connectivity index (χ0) is 9.14. The van der Waals surface area contributed by atoms with E-state index in [4.69, 9.17) is 0 Å². The minimum absolute atomic E-state index is 0.0170. The van der Waals surface area contributed by atoms with Crippen LogP contribution in [0.3, 0.4) is 0 Å². The average Bonchev–Trinajstić information content (AvgIpc) is 2.03.